The third kappa shape index (κ3) is 2.09. The van der Waals surface area contributed by atoms with Crippen molar-refractivity contribution in [3.05, 3.63) is 29.8 Å². The molecular formula is C17H20N4O2. The quantitative estimate of drug-likeness (QED) is 0.897. The lowest BCUT2D eigenvalue weighted by Gasteiger charge is -2.34. The minimum Gasteiger partial charge on any atom is -0.315 e. The molecule has 1 aromatic rings. The molecule has 1 fully saturated rings. The van der Waals surface area contributed by atoms with Gasteiger partial charge in [0.1, 0.15) is 5.41 Å². The largest absolute Gasteiger partial charge is 0.315 e. The standard InChI is InChI=1S/C17H20N4O2/c1-20-16(23)17(11-18-8-6-14(17)19-20)7-9-21-13-5-3-2-4-12(13)10-15(21)22/h2-5,18H,6-11H2,1H3. The molecule has 0 aliphatic carbocycles. The first-order valence-corrected chi connectivity index (χ1v) is 8.07. The van der Waals surface area contributed by atoms with Gasteiger partial charge in [0, 0.05) is 38.8 Å². The van der Waals surface area contributed by atoms with Crippen molar-refractivity contribution >= 4 is 23.2 Å². The Kier molecular flexibility index (Phi) is 3.23. The van der Waals surface area contributed by atoms with Crippen LogP contribution in [0.3, 0.4) is 0 Å². The Bertz CT molecular complexity index is 714. The van der Waals surface area contributed by atoms with Gasteiger partial charge in [0.05, 0.1) is 12.1 Å². The molecule has 0 aromatic heterocycles. The van der Waals surface area contributed by atoms with Crippen LogP contribution in [0.4, 0.5) is 5.69 Å². The highest BCUT2D eigenvalue weighted by atomic mass is 16.2. The molecule has 0 radical (unpaired) electrons. The third-order valence-corrected chi connectivity index (χ3v) is 5.18. The van der Waals surface area contributed by atoms with Gasteiger partial charge in [-0.3, -0.25) is 9.59 Å². The van der Waals surface area contributed by atoms with Crippen molar-refractivity contribution in [2.75, 3.05) is 31.6 Å². The van der Waals surface area contributed by atoms with Crippen molar-refractivity contribution in [3.8, 4) is 0 Å². The zero-order valence-electron chi connectivity index (χ0n) is 13.2. The summed E-state index contributed by atoms with van der Waals surface area (Å²) in [7, 11) is 1.71. The first kappa shape index (κ1) is 14.4. The maximum Gasteiger partial charge on any atom is 0.255 e. The Labute approximate surface area is 135 Å². The van der Waals surface area contributed by atoms with Crippen molar-refractivity contribution < 1.29 is 9.59 Å². The zero-order valence-corrected chi connectivity index (χ0v) is 13.2. The van der Waals surface area contributed by atoms with Gasteiger partial charge in [0.2, 0.25) is 5.91 Å². The van der Waals surface area contributed by atoms with E-state index in [1.807, 2.05) is 29.2 Å². The Morgan fingerprint density at radius 2 is 2.13 bits per heavy atom. The van der Waals surface area contributed by atoms with Gasteiger partial charge in [-0.2, -0.15) is 5.10 Å². The van der Waals surface area contributed by atoms with E-state index in [9.17, 15) is 9.59 Å². The van der Waals surface area contributed by atoms with Gasteiger partial charge in [0.15, 0.2) is 0 Å². The van der Waals surface area contributed by atoms with Gasteiger partial charge in [-0.1, -0.05) is 18.2 Å². The van der Waals surface area contributed by atoms with Crippen molar-refractivity contribution in [2.24, 2.45) is 10.5 Å². The molecule has 1 atom stereocenters. The molecule has 1 saturated heterocycles. The fraction of sp³-hybridized carbons (Fsp3) is 0.471. The third-order valence-electron chi connectivity index (χ3n) is 5.18. The molecule has 1 N–H and O–H groups in total. The second-order valence-electron chi connectivity index (χ2n) is 6.49. The maximum absolute atomic E-state index is 12.7. The number of nitrogens with one attached hydrogen (secondary N) is 1. The average Bonchev–Trinajstić information content (AvgIpc) is 3.01. The fourth-order valence-electron chi connectivity index (χ4n) is 3.93. The number of carbonyl (C=O) groups excluding carboxylic acids is 2. The molecule has 23 heavy (non-hydrogen) atoms. The Morgan fingerprint density at radius 1 is 1.30 bits per heavy atom. The van der Waals surface area contributed by atoms with Crippen LogP contribution in [0.1, 0.15) is 18.4 Å². The lowest BCUT2D eigenvalue weighted by Crippen LogP contribution is -2.52. The lowest BCUT2D eigenvalue weighted by molar-refractivity contribution is -0.135. The van der Waals surface area contributed by atoms with E-state index in [2.05, 4.69) is 10.4 Å². The Morgan fingerprint density at radius 3 is 3.00 bits per heavy atom. The van der Waals surface area contributed by atoms with Crippen molar-refractivity contribution in [1.82, 2.24) is 10.3 Å². The second kappa shape index (κ2) is 5.16. The lowest BCUT2D eigenvalue weighted by atomic mass is 9.76. The first-order valence-electron chi connectivity index (χ1n) is 8.07. The number of benzene rings is 1. The van der Waals surface area contributed by atoms with Gasteiger partial charge in [-0.25, -0.2) is 5.01 Å². The van der Waals surface area contributed by atoms with Crippen molar-refractivity contribution in [2.45, 2.75) is 19.3 Å². The van der Waals surface area contributed by atoms with Gasteiger partial charge >= 0.3 is 0 Å². The summed E-state index contributed by atoms with van der Waals surface area (Å²) in [4.78, 5) is 26.8. The van der Waals surface area contributed by atoms with Crippen LogP contribution in [-0.2, 0) is 16.0 Å². The van der Waals surface area contributed by atoms with Gasteiger partial charge < -0.3 is 10.2 Å². The number of nitrogens with zero attached hydrogens (tertiary/aromatic N) is 3. The van der Waals surface area contributed by atoms with E-state index in [0.717, 1.165) is 29.9 Å². The van der Waals surface area contributed by atoms with Gasteiger partial charge in [-0.15, -0.1) is 0 Å². The molecule has 3 aliphatic heterocycles. The van der Waals surface area contributed by atoms with Crippen LogP contribution in [0, 0.1) is 5.41 Å². The molecule has 120 valence electrons. The number of amides is 2. The van der Waals surface area contributed by atoms with Crippen LogP contribution >= 0.6 is 0 Å². The van der Waals surface area contributed by atoms with E-state index in [1.165, 1.54) is 5.01 Å². The average molecular weight is 312 g/mol. The van der Waals surface area contributed by atoms with Gasteiger partial charge in [-0.05, 0) is 18.1 Å². The van der Waals surface area contributed by atoms with Crippen molar-refractivity contribution in [3.63, 3.8) is 0 Å². The van der Waals surface area contributed by atoms with E-state index in [1.54, 1.807) is 7.05 Å². The second-order valence-corrected chi connectivity index (χ2v) is 6.49. The van der Waals surface area contributed by atoms with E-state index in [-0.39, 0.29) is 11.8 Å². The molecule has 6 heteroatoms. The molecule has 1 unspecified atom stereocenters. The smallest absolute Gasteiger partial charge is 0.255 e. The molecular weight excluding hydrogens is 292 g/mol. The number of hydrogen-bond acceptors (Lipinski definition) is 4. The van der Waals surface area contributed by atoms with Crippen molar-refractivity contribution in [1.29, 1.82) is 0 Å². The monoisotopic (exact) mass is 312 g/mol. The molecule has 2 amide bonds. The van der Waals surface area contributed by atoms with Gasteiger partial charge in [0.25, 0.3) is 5.91 Å². The molecule has 0 spiro atoms. The fourth-order valence-corrected chi connectivity index (χ4v) is 3.93. The number of piperidine rings is 1. The Hall–Kier alpha value is -2.21. The Balaban J connectivity index is 1.58. The minimum atomic E-state index is -0.579. The summed E-state index contributed by atoms with van der Waals surface area (Å²) >= 11 is 0. The number of hydrazone groups is 1. The molecule has 1 aromatic carbocycles. The summed E-state index contributed by atoms with van der Waals surface area (Å²) in [6, 6.07) is 7.88. The summed E-state index contributed by atoms with van der Waals surface area (Å²) in [5, 5.41) is 9.21. The number of rotatable bonds is 3. The highest BCUT2D eigenvalue weighted by Gasteiger charge is 2.51. The topological polar surface area (TPSA) is 65.0 Å². The highest BCUT2D eigenvalue weighted by molar-refractivity contribution is 6.13. The highest BCUT2D eigenvalue weighted by Crippen LogP contribution is 2.37. The molecule has 4 rings (SSSR count). The first-order chi connectivity index (χ1) is 11.1. The molecule has 6 nitrogen and oxygen atoms in total. The zero-order chi connectivity index (χ0) is 16.0. The number of carbonyl (C=O) groups is 2. The van der Waals surface area contributed by atoms with Crippen LogP contribution in [0.25, 0.3) is 0 Å². The predicted molar refractivity (Wildman–Crippen MR) is 87.2 cm³/mol. The van der Waals surface area contributed by atoms with E-state index in [0.29, 0.717) is 25.9 Å². The SMILES string of the molecule is CN1N=C2CCNCC2(CCN2C(=O)Cc3ccccc32)C1=O. The van der Waals surface area contributed by atoms with Crippen LogP contribution in [0.2, 0.25) is 0 Å². The normalized spacial score (nSPS) is 26.4. The minimum absolute atomic E-state index is 0.0413. The summed E-state index contributed by atoms with van der Waals surface area (Å²) in [5.74, 6) is 0.156. The number of fused-ring (bicyclic) bond motifs is 2. The van der Waals surface area contributed by atoms with Crippen LogP contribution in [0.15, 0.2) is 29.4 Å². The summed E-state index contributed by atoms with van der Waals surface area (Å²) in [6.07, 6.45) is 1.86. The van der Waals surface area contributed by atoms with E-state index in [4.69, 9.17) is 0 Å². The van der Waals surface area contributed by atoms with Crippen LogP contribution in [-0.4, -0.2) is 49.2 Å². The predicted octanol–water partition coefficient (Wildman–Crippen LogP) is 0.774. The number of anilines is 1. The van der Waals surface area contributed by atoms with Crippen LogP contribution in [0.5, 0.6) is 0 Å². The molecule has 3 aliphatic rings. The molecule has 0 saturated carbocycles. The molecule has 0 bridgehead atoms. The van der Waals surface area contributed by atoms with E-state index < -0.39 is 5.41 Å². The van der Waals surface area contributed by atoms with Crippen LogP contribution < -0.4 is 10.2 Å². The summed E-state index contributed by atoms with van der Waals surface area (Å²) < 4.78 is 0. The summed E-state index contributed by atoms with van der Waals surface area (Å²) in [5.41, 5.74) is 2.43. The van der Waals surface area contributed by atoms with E-state index >= 15 is 0 Å². The molecule has 3 heterocycles. The summed E-state index contributed by atoms with van der Waals surface area (Å²) in [6.45, 7) is 2.02. The number of hydrogen-bond donors (Lipinski definition) is 1. The number of para-hydroxylation sites is 1. The maximum atomic E-state index is 12.7.